The third-order valence-electron chi connectivity index (χ3n) is 3.75. The lowest BCUT2D eigenvalue weighted by Gasteiger charge is -2.17. The van der Waals surface area contributed by atoms with Crippen LogP contribution in [0.4, 0.5) is 5.69 Å². The Morgan fingerprint density at radius 3 is 2.54 bits per heavy atom. The molecule has 0 saturated heterocycles. The summed E-state index contributed by atoms with van der Waals surface area (Å²) in [6.07, 6.45) is 4.88. The van der Waals surface area contributed by atoms with Crippen LogP contribution in [0.2, 0.25) is 10.0 Å². The zero-order valence-electron chi connectivity index (χ0n) is 13.3. The zero-order valence-corrected chi connectivity index (χ0v) is 14.8. The van der Waals surface area contributed by atoms with Gasteiger partial charge in [0.1, 0.15) is 18.2 Å². The van der Waals surface area contributed by atoms with Crippen LogP contribution in [0.5, 0.6) is 0 Å². The maximum Gasteiger partial charge on any atom is 0.337 e. The van der Waals surface area contributed by atoms with Crippen LogP contribution in [0.15, 0.2) is 42.7 Å². The Kier molecular flexibility index (Phi) is 4.69. The topological polar surface area (TPSA) is 37.1 Å². The molecule has 0 amide bonds. The van der Waals surface area contributed by atoms with Crippen LogP contribution in [0.25, 0.3) is 16.7 Å². The number of hydrogen-bond acceptors (Lipinski definition) is 3. The third-order valence-corrected chi connectivity index (χ3v) is 4.18. The molecule has 6 heteroatoms. The molecule has 0 fully saturated rings. The van der Waals surface area contributed by atoms with Gasteiger partial charge in [-0.3, -0.25) is 0 Å². The Balaban J connectivity index is 2.32. The summed E-state index contributed by atoms with van der Waals surface area (Å²) in [7, 11) is 3.91. The Hall–Kier alpha value is -2.17. The Bertz CT molecular complexity index is 905. The molecule has 0 bridgehead atoms. The van der Waals surface area contributed by atoms with Gasteiger partial charge in [0.05, 0.1) is 17.3 Å². The van der Waals surface area contributed by atoms with E-state index in [0.717, 1.165) is 34.3 Å². The molecule has 0 unspecified atom stereocenters. The molecule has 0 aliphatic rings. The second-order valence-electron chi connectivity index (χ2n) is 5.64. The van der Waals surface area contributed by atoms with Gasteiger partial charge in [-0.25, -0.2) is 0 Å². The normalized spacial score (nSPS) is 10.8. The van der Waals surface area contributed by atoms with Crippen molar-refractivity contribution in [3.63, 3.8) is 0 Å². The maximum atomic E-state index is 11.0. The number of hydrogen-bond donors (Lipinski definition) is 0. The number of carbonyl (C=O) groups is 1. The predicted molar refractivity (Wildman–Crippen MR) is 97.4 cm³/mol. The molecule has 24 heavy (non-hydrogen) atoms. The minimum absolute atomic E-state index is 0.328. The third kappa shape index (κ3) is 3.07. The van der Waals surface area contributed by atoms with Gasteiger partial charge in [0.25, 0.3) is 0 Å². The molecule has 3 rings (SSSR count). The highest BCUT2D eigenvalue weighted by atomic mass is 35.5. The molecule has 4 nitrogen and oxygen atoms in total. The van der Waals surface area contributed by atoms with Crippen molar-refractivity contribution in [3.05, 3.63) is 58.3 Å². The fraction of sp³-hybridized carbons (Fsp3) is 0.167. The van der Waals surface area contributed by atoms with Gasteiger partial charge in [-0.15, -0.1) is 0 Å². The molecule has 0 aliphatic heterocycles. The molecule has 1 aromatic carbocycles. The largest absolute Gasteiger partial charge is 0.377 e. The van der Waals surface area contributed by atoms with Gasteiger partial charge in [0.15, 0.2) is 0 Å². The van der Waals surface area contributed by atoms with E-state index in [0.29, 0.717) is 16.5 Å². The first-order valence-corrected chi connectivity index (χ1v) is 8.16. The van der Waals surface area contributed by atoms with Gasteiger partial charge >= 0.3 is 5.65 Å². The predicted octanol–water partition coefficient (Wildman–Crippen LogP) is 3.63. The number of aldehydes is 1. The van der Waals surface area contributed by atoms with Gasteiger partial charge in [0, 0.05) is 48.3 Å². The van der Waals surface area contributed by atoms with Crippen molar-refractivity contribution < 1.29 is 9.36 Å². The molecule has 0 aliphatic carbocycles. The number of nitrogens with zero attached hydrogens (tertiary/aromatic N) is 3. The summed E-state index contributed by atoms with van der Waals surface area (Å²) >= 11 is 12.3. The zero-order chi connectivity index (χ0) is 17.3. The van der Waals surface area contributed by atoms with E-state index in [-0.39, 0.29) is 0 Å². The SMILES string of the molecule is CN(C)c1c(CC=O)cnc2c1ccc[n+]2-c1cc(Cl)cc(Cl)c1. The van der Waals surface area contributed by atoms with Crippen LogP contribution in [0.3, 0.4) is 0 Å². The van der Waals surface area contributed by atoms with Crippen molar-refractivity contribution >= 4 is 46.2 Å². The number of carbonyl (C=O) groups excluding carboxylic acids is 1. The number of anilines is 1. The first-order chi connectivity index (χ1) is 11.5. The molecule has 0 N–H and O–H groups in total. The van der Waals surface area contributed by atoms with Gasteiger partial charge in [-0.05, 0) is 23.2 Å². The lowest BCUT2D eigenvalue weighted by molar-refractivity contribution is -0.569. The highest BCUT2D eigenvalue weighted by molar-refractivity contribution is 6.34. The molecule has 2 aromatic heterocycles. The number of rotatable bonds is 4. The average Bonchev–Trinajstić information content (AvgIpc) is 2.53. The van der Waals surface area contributed by atoms with Crippen LogP contribution >= 0.6 is 23.2 Å². The van der Waals surface area contributed by atoms with Crippen molar-refractivity contribution in [1.29, 1.82) is 0 Å². The fourth-order valence-electron chi connectivity index (χ4n) is 2.84. The summed E-state index contributed by atoms with van der Waals surface area (Å²) in [5.41, 5.74) is 3.48. The summed E-state index contributed by atoms with van der Waals surface area (Å²) in [5, 5.41) is 2.08. The summed E-state index contributed by atoms with van der Waals surface area (Å²) in [4.78, 5) is 17.5. The molecule has 2 heterocycles. The van der Waals surface area contributed by atoms with E-state index < -0.39 is 0 Å². The average molecular weight is 361 g/mol. The van der Waals surface area contributed by atoms with Crippen molar-refractivity contribution in [1.82, 2.24) is 4.98 Å². The molecule has 0 radical (unpaired) electrons. The van der Waals surface area contributed by atoms with Gasteiger partial charge < -0.3 is 9.69 Å². The minimum atomic E-state index is 0.328. The lowest BCUT2D eigenvalue weighted by Crippen LogP contribution is -2.32. The number of fused-ring (bicyclic) bond motifs is 1. The Morgan fingerprint density at radius 1 is 1.21 bits per heavy atom. The summed E-state index contributed by atoms with van der Waals surface area (Å²) < 4.78 is 1.94. The van der Waals surface area contributed by atoms with E-state index in [1.807, 2.05) is 54.0 Å². The second kappa shape index (κ2) is 6.75. The lowest BCUT2D eigenvalue weighted by atomic mass is 10.1. The summed E-state index contributed by atoms with van der Waals surface area (Å²) in [6.45, 7) is 0. The highest BCUT2D eigenvalue weighted by Gasteiger charge is 2.20. The Morgan fingerprint density at radius 2 is 1.92 bits per heavy atom. The first kappa shape index (κ1) is 16.7. The summed E-state index contributed by atoms with van der Waals surface area (Å²) in [5.74, 6) is 0. The van der Waals surface area contributed by atoms with Crippen LogP contribution in [-0.2, 0) is 11.2 Å². The maximum absolute atomic E-state index is 11.0. The molecular weight excluding hydrogens is 345 g/mol. The minimum Gasteiger partial charge on any atom is -0.377 e. The van der Waals surface area contributed by atoms with E-state index in [4.69, 9.17) is 23.2 Å². The molecule has 122 valence electrons. The van der Waals surface area contributed by atoms with Crippen LogP contribution in [-0.4, -0.2) is 25.4 Å². The molecular formula is C18H16Cl2N3O+. The van der Waals surface area contributed by atoms with E-state index >= 15 is 0 Å². The van der Waals surface area contributed by atoms with Crippen LogP contribution in [0, 0.1) is 0 Å². The monoisotopic (exact) mass is 360 g/mol. The smallest absolute Gasteiger partial charge is 0.337 e. The van der Waals surface area contributed by atoms with Crippen LogP contribution < -0.4 is 9.47 Å². The van der Waals surface area contributed by atoms with Gasteiger partial charge in [-0.2, -0.15) is 4.57 Å². The van der Waals surface area contributed by atoms with E-state index in [9.17, 15) is 4.79 Å². The van der Waals surface area contributed by atoms with Crippen LogP contribution in [0.1, 0.15) is 5.56 Å². The second-order valence-corrected chi connectivity index (χ2v) is 6.51. The number of halogens is 2. The van der Waals surface area contributed by atoms with Gasteiger partial charge in [0.2, 0.25) is 0 Å². The first-order valence-electron chi connectivity index (χ1n) is 7.41. The standard InChI is InChI=1S/C18H16Cl2N3O/c1-22(2)17-12(5-7-24)11-21-18-16(17)4-3-6-23(18)15-9-13(19)8-14(20)10-15/h3-4,6-11H,5H2,1-2H3/q+1. The molecule has 0 spiro atoms. The fourth-order valence-corrected chi connectivity index (χ4v) is 3.36. The van der Waals surface area contributed by atoms with Crippen molar-refractivity contribution in [3.8, 4) is 5.69 Å². The van der Waals surface area contributed by atoms with E-state index in [1.54, 1.807) is 12.3 Å². The van der Waals surface area contributed by atoms with Crippen molar-refractivity contribution in [2.75, 3.05) is 19.0 Å². The van der Waals surface area contributed by atoms with Crippen molar-refractivity contribution in [2.45, 2.75) is 6.42 Å². The highest BCUT2D eigenvalue weighted by Crippen LogP contribution is 2.28. The molecule has 0 saturated carbocycles. The molecule has 0 atom stereocenters. The van der Waals surface area contributed by atoms with E-state index in [2.05, 4.69) is 4.98 Å². The van der Waals surface area contributed by atoms with Gasteiger partial charge in [-0.1, -0.05) is 23.2 Å². The van der Waals surface area contributed by atoms with Crippen molar-refractivity contribution in [2.24, 2.45) is 0 Å². The summed E-state index contributed by atoms with van der Waals surface area (Å²) in [6, 6.07) is 9.30. The Labute approximate surface area is 150 Å². The number of pyridine rings is 2. The molecule has 3 aromatic rings. The number of aromatic nitrogens is 2. The number of benzene rings is 1. The van der Waals surface area contributed by atoms with E-state index in [1.165, 1.54) is 0 Å². The quantitative estimate of drug-likeness (QED) is 0.526.